The maximum atomic E-state index is 13.0. The smallest absolute Gasteiger partial charge is 0.255 e. The molecule has 3 aromatic rings. The van der Waals surface area contributed by atoms with Crippen molar-refractivity contribution >= 4 is 23.2 Å². The minimum absolute atomic E-state index is 0.00600. The lowest BCUT2D eigenvalue weighted by Crippen LogP contribution is -2.54. The van der Waals surface area contributed by atoms with Gasteiger partial charge in [0, 0.05) is 37.4 Å². The zero-order valence-corrected chi connectivity index (χ0v) is 17.8. The van der Waals surface area contributed by atoms with Crippen molar-refractivity contribution < 1.29 is 9.59 Å². The van der Waals surface area contributed by atoms with Gasteiger partial charge in [0.1, 0.15) is 0 Å². The van der Waals surface area contributed by atoms with Gasteiger partial charge >= 0.3 is 0 Å². The molecule has 2 aromatic heterocycles. The molecule has 1 saturated heterocycles. The first-order valence-electron chi connectivity index (χ1n) is 10.2. The zero-order chi connectivity index (χ0) is 21.0. The van der Waals surface area contributed by atoms with Crippen LogP contribution in [0, 0.1) is 5.41 Å². The molecular formula is C24H25N3O2S. The van der Waals surface area contributed by atoms with Crippen LogP contribution in [0.3, 0.4) is 0 Å². The number of benzene rings is 1. The van der Waals surface area contributed by atoms with Gasteiger partial charge in [0.15, 0.2) is 0 Å². The van der Waals surface area contributed by atoms with Gasteiger partial charge in [0.25, 0.3) is 5.91 Å². The third-order valence-electron chi connectivity index (χ3n) is 5.78. The van der Waals surface area contributed by atoms with Gasteiger partial charge in [0.05, 0.1) is 11.0 Å². The molecule has 0 aliphatic carbocycles. The number of nitrogens with one attached hydrogen (secondary N) is 1. The second-order valence-corrected chi connectivity index (χ2v) is 8.73. The number of piperidine rings is 1. The van der Waals surface area contributed by atoms with E-state index >= 15 is 0 Å². The fraction of sp³-hybridized carbons (Fsp3) is 0.292. The van der Waals surface area contributed by atoms with Gasteiger partial charge in [-0.05, 0) is 54.0 Å². The van der Waals surface area contributed by atoms with Crippen molar-refractivity contribution in [3.05, 3.63) is 77.4 Å². The first-order chi connectivity index (χ1) is 14.6. The van der Waals surface area contributed by atoms with E-state index in [1.807, 2.05) is 6.07 Å². The van der Waals surface area contributed by atoms with Crippen LogP contribution in [0.2, 0.25) is 0 Å². The monoisotopic (exact) mass is 419 g/mol. The number of carbonyl (C=O) groups excluding carboxylic acids is 2. The predicted octanol–water partition coefficient (Wildman–Crippen LogP) is 4.02. The van der Waals surface area contributed by atoms with Gasteiger partial charge in [-0.2, -0.15) is 0 Å². The van der Waals surface area contributed by atoms with Crippen LogP contribution < -0.4 is 5.32 Å². The topological polar surface area (TPSA) is 62.3 Å². The van der Waals surface area contributed by atoms with Gasteiger partial charge in [-0.3, -0.25) is 14.6 Å². The largest absolute Gasteiger partial charge is 0.359 e. The van der Waals surface area contributed by atoms with E-state index in [1.54, 1.807) is 47.8 Å². The molecule has 1 fully saturated rings. The Balaban J connectivity index is 1.56. The molecule has 0 spiro atoms. The SMILES string of the molecule is CNC(=O)[C@@]1(Cc2ccc(-c3cccs3)cc2)CCCN(C(=O)c2cccnc2)C1. The van der Waals surface area contributed by atoms with Crippen LogP contribution >= 0.6 is 11.3 Å². The molecule has 1 atom stereocenters. The van der Waals surface area contributed by atoms with Crippen LogP contribution in [-0.2, 0) is 11.2 Å². The Morgan fingerprint density at radius 2 is 2.00 bits per heavy atom. The van der Waals surface area contributed by atoms with Gasteiger partial charge in [-0.25, -0.2) is 0 Å². The molecule has 0 bridgehead atoms. The lowest BCUT2D eigenvalue weighted by molar-refractivity contribution is -0.133. The molecular weight excluding hydrogens is 394 g/mol. The van der Waals surface area contributed by atoms with Crippen LogP contribution in [0.5, 0.6) is 0 Å². The summed E-state index contributed by atoms with van der Waals surface area (Å²) < 4.78 is 0. The van der Waals surface area contributed by atoms with E-state index in [0.29, 0.717) is 25.1 Å². The maximum Gasteiger partial charge on any atom is 0.255 e. The molecule has 1 aromatic carbocycles. The number of likely N-dealkylation sites (tertiary alicyclic amines) is 1. The Kier molecular flexibility index (Phi) is 5.95. The van der Waals surface area contributed by atoms with Crippen molar-refractivity contribution in [1.29, 1.82) is 0 Å². The van der Waals surface area contributed by atoms with Gasteiger partial charge < -0.3 is 10.2 Å². The first kappa shape index (κ1) is 20.3. The molecule has 0 radical (unpaired) electrons. The van der Waals surface area contributed by atoms with E-state index < -0.39 is 5.41 Å². The number of hydrogen-bond donors (Lipinski definition) is 1. The quantitative estimate of drug-likeness (QED) is 0.679. The normalized spacial score (nSPS) is 18.8. The first-order valence-corrected chi connectivity index (χ1v) is 11.0. The van der Waals surface area contributed by atoms with Crippen LogP contribution in [-0.4, -0.2) is 41.8 Å². The average molecular weight is 420 g/mol. The predicted molar refractivity (Wildman–Crippen MR) is 119 cm³/mol. The van der Waals surface area contributed by atoms with E-state index in [1.165, 1.54) is 10.4 Å². The number of aromatic nitrogens is 1. The molecule has 5 nitrogen and oxygen atoms in total. The van der Waals surface area contributed by atoms with Crippen molar-refractivity contribution in [3.8, 4) is 10.4 Å². The molecule has 30 heavy (non-hydrogen) atoms. The Morgan fingerprint density at radius 1 is 1.17 bits per heavy atom. The molecule has 3 heterocycles. The van der Waals surface area contributed by atoms with Crippen molar-refractivity contribution in [1.82, 2.24) is 15.2 Å². The highest BCUT2D eigenvalue weighted by atomic mass is 32.1. The second kappa shape index (κ2) is 8.79. The van der Waals surface area contributed by atoms with Crippen LogP contribution in [0.15, 0.2) is 66.3 Å². The Morgan fingerprint density at radius 3 is 2.67 bits per heavy atom. The number of hydrogen-bond acceptors (Lipinski definition) is 4. The Labute approximate surface area is 180 Å². The molecule has 4 rings (SSSR count). The minimum Gasteiger partial charge on any atom is -0.359 e. The van der Waals surface area contributed by atoms with Gasteiger partial charge in [0.2, 0.25) is 5.91 Å². The highest BCUT2D eigenvalue weighted by molar-refractivity contribution is 7.13. The summed E-state index contributed by atoms with van der Waals surface area (Å²) in [6, 6.07) is 16.1. The summed E-state index contributed by atoms with van der Waals surface area (Å²) in [7, 11) is 1.67. The van der Waals surface area contributed by atoms with Crippen molar-refractivity contribution in [2.75, 3.05) is 20.1 Å². The lowest BCUT2D eigenvalue weighted by Gasteiger charge is -2.41. The molecule has 1 aliphatic heterocycles. The van der Waals surface area contributed by atoms with Crippen LogP contribution in [0.4, 0.5) is 0 Å². The van der Waals surface area contributed by atoms with E-state index in [4.69, 9.17) is 0 Å². The number of rotatable bonds is 5. The van der Waals surface area contributed by atoms with E-state index in [9.17, 15) is 9.59 Å². The summed E-state index contributed by atoms with van der Waals surface area (Å²) in [5.74, 6) is -0.0716. The molecule has 6 heteroatoms. The fourth-order valence-electron chi connectivity index (χ4n) is 4.27. The second-order valence-electron chi connectivity index (χ2n) is 7.78. The number of thiophene rings is 1. The summed E-state index contributed by atoms with van der Waals surface area (Å²) >= 11 is 1.71. The third-order valence-corrected chi connectivity index (χ3v) is 6.70. The number of carbonyl (C=O) groups is 2. The van der Waals surface area contributed by atoms with Crippen molar-refractivity contribution in [2.45, 2.75) is 19.3 Å². The highest BCUT2D eigenvalue weighted by Gasteiger charge is 2.43. The average Bonchev–Trinajstić information content (AvgIpc) is 3.34. The number of pyridine rings is 1. The summed E-state index contributed by atoms with van der Waals surface area (Å²) in [6.45, 7) is 1.07. The molecule has 2 amide bonds. The van der Waals surface area contributed by atoms with E-state index in [0.717, 1.165) is 18.4 Å². The van der Waals surface area contributed by atoms with E-state index in [-0.39, 0.29) is 11.8 Å². The van der Waals surface area contributed by atoms with Crippen molar-refractivity contribution in [3.63, 3.8) is 0 Å². The number of nitrogens with zero attached hydrogens (tertiary/aromatic N) is 2. The molecule has 1 aliphatic rings. The molecule has 154 valence electrons. The summed E-state index contributed by atoms with van der Waals surface area (Å²) in [6.07, 6.45) is 5.40. The Hall–Kier alpha value is -2.99. The zero-order valence-electron chi connectivity index (χ0n) is 17.0. The standard InChI is InChI=1S/C24H25N3O2S/c1-25-23(29)24(15-18-7-9-19(10-8-18)21-6-3-14-30-21)11-4-13-27(17-24)22(28)20-5-2-12-26-16-20/h2-3,5-10,12,14,16H,4,11,13,15,17H2,1H3,(H,25,29)/t24-/m1/s1. The van der Waals surface area contributed by atoms with Crippen LogP contribution in [0.1, 0.15) is 28.8 Å². The molecule has 0 unspecified atom stereocenters. The van der Waals surface area contributed by atoms with Crippen molar-refractivity contribution in [2.24, 2.45) is 5.41 Å². The third kappa shape index (κ3) is 4.14. The van der Waals surface area contributed by atoms with E-state index in [2.05, 4.69) is 46.0 Å². The molecule has 0 saturated carbocycles. The lowest BCUT2D eigenvalue weighted by atomic mass is 9.74. The summed E-state index contributed by atoms with van der Waals surface area (Å²) in [4.78, 5) is 33.1. The Bertz CT molecular complexity index is 1000. The molecule has 1 N–H and O–H groups in total. The number of amides is 2. The van der Waals surface area contributed by atoms with Gasteiger partial charge in [-0.1, -0.05) is 30.3 Å². The highest BCUT2D eigenvalue weighted by Crippen LogP contribution is 2.35. The van der Waals surface area contributed by atoms with Gasteiger partial charge in [-0.15, -0.1) is 11.3 Å². The fourth-order valence-corrected chi connectivity index (χ4v) is 5.01. The summed E-state index contributed by atoms with van der Waals surface area (Å²) in [5.41, 5.74) is 2.22. The summed E-state index contributed by atoms with van der Waals surface area (Å²) in [5, 5.41) is 4.91. The minimum atomic E-state index is -0.630. The van der Waals surface area contributed by atoms with Crippen LogP contribution in [0.25, 0.3) is 10.4 Å². The maximum absolute atomic E-state index is 13.0.